The number of amides is 1. The highest BCUT2D eigenvalue weighted by Gasteiger charge is 2.33. The Morgan fingerprint density at radius 3 is 3.00 bits per heavy atom. The average Bonchev–Trinajstić information content (AvgIpc) is 2.97. The van der Waals surface area contributed by atoms with Crippen molar-refractivity contribution in [1.82, 2.24) is 14.5 Å². The molecular weight excluding hydrogens is 266 g/mol. The van der Waals surface area contributed by atoms with E-state index in [1.807, 2.05) is 6.92 Å². The molecule has 1 atom stereocenters. The molecule has 1 aliphatic rings. The molecule has 1 amide bonds. The highest BCUT2D eigenvalue weighted by Crippen LogP contribution is 2.25. The molecule has 1 N–H and O–H groups in total. The summed E-state index contributed by atoms with van der Waals surface area (Å²) in [6.45, 7) is 2.65. The Morgan fingerprint density at radius 2 is 2.32 bits per heavy atom. The molecule has 0 aliphatic carbocycles. The van der Waals surface area contributed by atoms with Gasteiger partial charge in [-0.1, -0.05) is 17.8 Å². The van der Waals surface area contributed by atoms with Crippen molar-refractivity contribution in [3.8, 4) is 0 Å². The third-order valence-electron chi connectivity index (χ3n) is 3.29. The second kappa shape index (κ2) is 6.10. The second-order valence-corrected chi connectivity index (χ2v) is 5.45. The third-order valence-corrected chi connectivity index (χ3v) is 4.04. The highest BCUT2D eigenvalue weighted by molar-refractivity contribution is 7.08. The quantitative estimate of drug-likeness (QED) is 0.886. The summed E-state index contributed by atoms with van der Waals surface area (Å²) in [7, 11) is 0. The summed E-state index contributed by atoms with van der Waals surface area (Å²) in [6, 6.07) is -0.193. The summed E-state index contributed by atoms with van der Waals surface area (Å²) in [4.78, 5) is 25.5. The summed E-state index contributed by atoms with van der Waals surface area (Å²) in [5, 5.41) is 12.9. The van der Waals surface area contributed by atoms with E-state index in [9.17, 15) is 9.59 Å². The molecule has 0 spiro atoms. The first kappa shape index (κ1) is 13.9. The van der Waals surface area contributed by atoms with Crippen LogP contribution in [0.1, 0.15) is 48.0 Å². The number of carbonyl (C=O) groups is 2. The molecule has 1 saturated heterocycles. The van der Waals surface area contributed by atoms with Gasteiger partial charge < -0.3 is 10.0 Å². The Hall–Kier alpha value is -1.50. The maximum atomic E-state index is 12.5. The number of rotatable bonds is 5. The molecule has 6 nitrogen and oxygen atoms in total. The molecule has 0 aromatic carbocycles. The van der Waals surface area contributed by atoms with Gasteiger partial charge in [-0.05, 0) is 30.8 Å². The summed E-state index contributed by atoms with van der Waals surface area (Å²) >= 11 is 1.11. The molecule has 7 heteroatoms. The lowest BCUT2D eigenvalue weighted by Crippen LogP contribution is -2.36. The summed E-state index contributed by atoms with van der Waals surface area (Å²) < 4.78 is 3.85. The zero-order valence-electron chi connectivity index (χ0n) is 10.8. The molecule has 1 aromatic heterocycles. The van der Waals surface area contributed by atoms with Crippen LogP contribution in [0.4, 0.5) is 0 Å². The number of hydrogen-bond acceptors (Lipinski definition) is 5. The van der Waals surface area contributed by atoms with E-state index in [4.69, 9.17) is 5.11 Å². The van der Waals surface area contributed by atoms with E-state index in [1.54, 1.807) is 4.90 Å². The first-order chi connectivity index (χ1) is 9.13. The minimum absolute atomic E-state index is 0.0150. The van der Waals surface area contributed by atoms with Gasteiger partial charge in [-0.25, -0.2) is 0 Å². The maximum Gasteiger partial charge on any atom is 0.305 e. The van der Waals surface area contributed by atoms with Gasteiger partial charge >= 0.3 is 5.97 Å². The molecule has 104 valence electrons. The van der Waals surface area contributed by atoms with Crippen molar-refractivity contribution in [2.24, 2.45) is 0 Å². The van der Waals surface area contributed by atoms with E-state index in [1.165, 1.54) is 0 Å². The van der Waals surface area contributed by atoms with E-state index in [2.05, 4.69) is 9.59 Å². The van der Waals surface area contributed by atoms with Crippen molar-refractivity contribution < 1.29 is 14.7 Å². The van der Waals surface area contributed by atoms with Gasteiger partial charge in [0.1, 0.15) is 4.88 Å². The van der Waals surface area contributed by atoms with E-state index in [0.29, 0.717) is 11.4 Å². The Kier molecular flexibility index (Phi) is 4.47. The van der Waals surface area contributed by atoms with Gasteiger partial charge in [0.2, 0.25) is 0 Å². The number of nitrogens with zero attached hydrogens (tertiary/aromatic N) is 3. The molecule has 2 rings (SSSR count). The lowest BCUT2D eigenvalue weighted by Gasteiger charge is -2.22. The van der Waals surface area contributed by atoms with Crippen LogP contribution in [0.2, 0.25) is 0 Å². The fourth-order valence-electron chi connectivity index (χ4n) is 2.42. The Bertz CT molecular complexity index is 475. The number of carbonyl (C=O) groups excluding carboxylic acids is 1. The molecule has 1 fully saturated rings. The maximum absolute atomic E-state index is 12.5. The van der Waals surface area contributed by atoms with Crippen molar-refractivity contribution >= 4 is 23.4 Å². The summed E-state index contributed by atoms with van der Waals surface area (Å²) in [6.07, 6.45) is 3.27. The van der Waals surface area contributed by atoms with Gasteiger partial charge in [0, 0.05) is 12.6 Å². The van der Waals surface area contributed by atoms with Crippen molar-refractivity contribution in [3.63, 3.8) is 0 Å². The molecule has 0 saturated carbocycles. The summed E-state index contributed by atoms with van der Waals surface area (Å²) in [5.74, 6) is -0.969. The number of carboxylic acids is 1. The summed E-state index contributed by atoms with van der Waals surface area (Å²) in [5.41, 5.74) is 0.735. The van der Waals surface area contributed by atoms with Crippen LogP contribution in [0.15, 0.2) is 0 Å². The van der Waals surface area contributed by atoms with Crippen LogP contribution >= 0.6 is 11.5 Å². The molecule has 1 unspecified atom stereocenters. The predicted octanol–water partition coefficient (Wildman–Crippen LogP) is 1.57. The van der Waals surface area contributed by atoms with Crippen LogP contribution in [-0.4, -0.2) is 44.1 Å². The van der Waals surface area contributed by atoms with E-state index < -0.39 is 5.97 Å². The Morgan fingerprint density at radius 1 is 1.53 bits per heavy atom. The van der Waals surface area contributed by atoms with E-state index in [0.717, 1.165) is 42.9 Å². The molecule has 1 aliphatic heterocycles. The molecule has 0 radical (unpaired) electrons. The van der Waals surface area contributed by atoms with Crippen molar-refractivity contribution in [2.75, 3.05) is 6.54 Å². The molecule has 0 bridgehead atoms. The van der Waals surface area contributed by atoms with Crippen LogP contribution in [0, 0.1) is 0 Å². The van der Waals surface area contributed by atoms with Gasteiger partial charge in [-0.3, -0.25) is 9.59 Å². The fraction of sp³-hybridized carbons (Fsp3) is 0.667. The van der Waals surface area contributed by atoms with E-state index >= 15 is 0 Å². The Balaban J connectivity index is 2.13. The van der Waals surface area contributed by atoms with Gasteiger partial charge in [-0.2, -0.15) is 0 Å². The van der Waals surface area contributed by atoms with E-state index in [-0.39, 0.29) is 18.4 Å². The lowest BCUT2D eigenvalue weighted by atomic mass is 10.1. The normalized spacial score (nSPS) is 18.8. The minimum Gasteiger partial charge on any atom is -0.481 e. The largest absolute Gasteiger partial charge is 0.481 e. The van der Waals surface area contributed by atoms with Crippen molar-refractivity contribution in [1.29, 1.82) is 0 Å². The third kappa shape index (κ3) is 3.09. The first-order valence-electron chi connectivity index (χ1n) is 6.47. The smallest absolute Gasteiger partial charge is 0.305 e. The topological polar surface area (TPSA) is 83.4 Å². The predicted molar refractivity (Wildman–Crippen MR) is 70.2 cm³/mol. The van der Waals surface area contributed by atoms with Crippen LogP contribution in [0.25, 0.3) is 0 Å². The van der Waals surface area contributed by atoms with Crippen LogP contribution in [0.3, 0.4) is 0 Å². The molecular formula is C12H17N3O3S. The van der Waals surface area contributed by atoms with Crippen molar-refractivity contribution in [2.45, 2.75) is 45.1 Å². The van der Waals surface area contributed by atoms with Crippen LogP contribution in [0.5, 0.6) is 0 Å². The lowest BCUT2D eigenvalue weighted by molar-refractivity contribution is -0.137. The second-order valence-electron chi connectivity index (χ2n) is 4.69. The van der Waals surface area contributed by atoms with Gasteiger partial charge in [-0.15, -0.1) is 5.10 Å². The van der Waals surface area contributed by atoms with Crippen LogP contribution < -0.4 is 0 Å². The Labute approximate surface area is 115 Å². The zero-order valence-corrected chi connectivity index (χ0v) is 11.7. The molecule has 1 aromatic rings. The zero-order chi connectivity index (χ0) is 13.8. The molecule has 2 heterocycles. The van der Waals surface area contributed by atoms with Crippen LogP contribution in [-0.2, 0) is 11.2 Å². The standard InChI is InChI=1S/C12H17N3O3S/c1-2-4-9-11(19-14-13-9)12(18)15-6-3-5-8(15)7-10(16)17/h8H,2-7H2,1H3,(H,16,17). The molecule has 19 heavy (non-hydrogen) atoms. The number of aromatic nitrogens is 2. The SMILES string of the molecule is CCCc1nnsc1C(=O)N1CCCC1CC(=O)O. The number of aryl methyl sites for hydroxylation is 1. The first-order valence-corrected chi connectivity index (χ1v) is 7.24. The fourth-order valence-corrected chi connectivity index (χ4v) is 3.08. The monoisotopic (exact) mass is 283 g/mol. The number of likely N-dealkylation sites (tertiary alicyclic amines) is 1. The van der Waals surface area contributed by atoms with Gasteiger partial charge in [0.05, 0.1) is 12.1 Å². The number of carboxylic acid groups (broad SMARTS) is 1. The minimum atomic E-state index is -0.860. The van der Waals surface area contributed by atoms with Gasteiger partial charge in [0.15, 0.2) is 0 Å². The van der Waals surface area contributed by atoms with Gasteiger partial charge in [0.25, 0.3) is 5.91 Å². The average molecular weight is 283 g/mol. The number of hydrogen-bond donors (Lipinski definition) is 1. The highest BCUT2D eigenvalue weighted by atomic mass is 32.1. The van der Waals surface area contributed by atoms with Crippen molar-refractivity contribution in [3.05, 3.63) is 10.6 Å². The number of aliphatic carboxylic acids is 1.